The number of hydrogen-bond acceptors (Lipinski definition) is 2. The molecule has 1 rings (SSSR count). The SMILES string of the molecule is Cc1cccc(OC(=O)Cl)c1C. The van der Waals surface area contributed by atoms with E-state index in [-0.39, 0.29) is 0 Å². The summed E-state index contributed by atoms with van der Waals surface area (Å²) in [5.41, 5.74) is 1.21. The Morgan fingerprint density at radius 3 is 2.67 bits per heavy atom. The maximum Gasteiger partial charge on any atom is 0.409 e. The minimum Gasteiger partial charge on any atom is -0.414 e. The number of halogens is 1. The zero-order chi connectivity index (χ0) is 9.14. The second-order valence-corrected chi connectivity index (χ2v) is 2.85. The van der Waals surface area contributed by atoms with Gasteiger partial charge in [0, 0.05) is 11.6 Å². The zero-order valence-electron chi connectivity index (χ0n) is 6.93. The lowest BCUT2D eigenvalue weighted by Gasteiger charge is -2.05. The summed E-state index contributed by atoms with van der Waals surface area (Å²) in [6.07, 6.45) is 0. The minimum absolute atomic E-state index is 0.523. The summed E-state index contributed by atoms with van der Waals surface area (Å²) < 4.78 is 4.75. The quantitative estimate of drug-likeness (QED) is 0.627. The molecule has 64 valence electrons. The Morgan fingerprint density at radius 2 is 2.08 bits per heavy atom. The van der Waals surface area contributed by atoms with Gasteiger partial charge in [0.25, 0.3) is 0 Å². The molecule has 1 aromatic rings. The van der Waals surface area contributed by atoms with Gasteiger partial charge in [0.1, 0.15) is 5.75 Å². The topological polar surface area (TPSA) is 26.3 Å². The number of carbonyl (C=O) groups excluding carboxylic acids is 1. The molecule has 0 unspecified atom stereocenters. The van der Waals surface area contributed by atoms with Crippen molar-refractivity contribution in [3.8, 4) is 5.75 Å². The first-order chi connectivity index (χ1) is 5.61. The van der Waals surface area contributed by atoms with Crippen molar-refractivity contribution in [1.82, 2.24) is 0 Å². The van der Waals surface area contributed by atoms with Gasteiger partial charge in [0.15, 0.2) is 0 Å². The molecule has 0 aromatic heterocycles. The average molecular weight is 185 g/mol. The Kier molecular flexibility index (Phi) is 2.71. The summed E-state index contributed by atoms with van der Waals surface area (Å²) in [7, 11) is 0. The first-order valence-electron chi connectivity index (χ1n) is 3.55. The van der Waals surface area contributed by atoms with Crippen LogP contribution in [-0.4, -0.2) is 5.43 Å². The van der Waals surface area contributed by atoms with E-state index in [1.165, 1.54) is 0 Å². The number of carbonyl (C=O) groups is 1. The summed E-state index contributed by atoms with van der Waals surface area (Å²) in [5.74, 6) is 0.523. The van der Waals surface area contributed by atoms with Gasteiger partial charge in [-0.15, -0.1) is 0 Å². The number of aryl methyl sites for hydroxylation is 1. The Hall–Kier alpha value is -1.02. The summed E-state index contributed by atoms with van der Waals surface area (Å²) in [6.45, 7) is 3.82. The van der Waals surface area contributed by atoms with Crippen molar-refractivity contribution in [1.29, 1.82) is 0 Å². The van der Waals surface area contributed by atoms with Crippen LogP contribution in [0.2, 0.25) is 0 Å². The monoisotopic (exact) mass is 184 g/mol. The fourth-order valence-electron chi connectivity index (χ4n) is 0.921. The Morgan fingerprint density at radius 1 is 1.42 bits per heavy atom. The molecular formula is C9H9ClO2. The smallest absolute Gasteiger partial charge is 0.409 e. The van der Waals surface area contributed by atoms with Crippen LogP contribution in [0.4, 0.5) is 4.79 Å². The molecule has 12 heavy (non-hydrogen) atoms. The molecule has 0 aliphatic carbocycles. The van der Waals surface area contributed by atoms with E-state index in [1.807, 2.05) is 26.0 Å². The highest BCUT2D eigenvalue weighted by Gasteiger charge is 2.04. The second kappa shape index (κ2) is 3.59. The summed E-state index contributed by atoms with van der Waals surface area (Å²) in [5, 5.41) is 0. The van der Waals surface area contributed by atoms with E-state index >= 15 is 0 Å². The molecule has 0 heterocycles. The van der Waals surface area contributed by atoms with Crippen molar-refractivity contribution in [3.05, 3.63) is 29.3 Å². The number of benzene rings is 1. The molecule has 0 atom stereocenters. The van der Waals surface area contributed by atoms with Crippen LogP contribution < -0.4 is 4.74 Å². The van der Waals surface area contributed by atoms with Crippen LogP contribution >= 0.6 is 11.6 Å². The fraction of sp³-hybridized carbons (Fsp3) is 0.222. The van der Waals surface area contributed by atoms with Crippen molar-refractivity contribution in [2.45, 2.75) is 13.8 Å². The average Bonchev–Trinajstić information content (AvgIpc) is 1.98. The van der Waals surface area contributed by atoms with Crippen LogP contribution in [0.15, 0.2) is 18.2 Å². The van der Waals surface area contributed by atoms with Gasteiger partial charge in [-0.05, 0) is 31.0 Å². The molecule has 0 amide bonds. The zero-order valence-corrected chi connectivity index (χ0v) is 7.68. The minimum atomic E-state index is -0.802. The number of rotatable bonds is 1. The largest absolute Gasteiger partial charge is 0.414 e. The second-order valence-electron chi connectivity index (χ2n) is 2.54. The normalized spacial score (nSPS) is 9.58. The van der Waals surface area contributed by atoms with E-state index < -0.39 is 5.43 Å². The maximum atomic E-state index is 10.4. The van der Waals surface area contributed by atoms with Crippen LogP contribution in [-0.2, 0) is 0 Å². The molecule has 0 aliphatic heterocycles. The van der Waals surface area contributed by atoms with Crippen LogP contribution in [0.3, 0.4) is 0 Å². The van der Waals surface area contributed by atoms with Gasteiger partial charge in [-0.1, -0.05) is 12.1 Å². The number of hydrogen-bond donors (Lipinski definition) is 0. The Labute approximate surface area is 76.1 Å². The van der Waals surface area contributed by atoms with Crippen molar-refractivity contribution in [2.75, 3.05) is 0 Å². The molecule has 3 heteroatoms. The summed E-state index contributed by atoms with van der Waals surface area (Å²) >= 11 is 5.08. The molecule has 2 nitrogen and oxygen atoms in total. The van der Waals surface area contributed by atoms with Gasteiger partial charge in [-0.2, -0.15) is 0 Å². The predicted molar refractivity (Wildman–Crippen MR) is 47.8 cm³/mol. The molecule has 0 aliphatic rings. The van der Waals surface area contributed by atoms with Gasteiger partial charge in [-0.3, -0.25) is 0 Å². The van der Waals surface area contributed by atoms with E-state index in [9.17, 15) is 4.79 Å². The lowest BCUT2D eigenvalue weighted by atomic mass is 10.1. The van der Waals surface area contributed by atoms with Gasteiger partial charge < -0.3 is 4.74 Å². The molecule has 0 saturated heterocycles. The first-order valence-corrected chi connectivity index (χ1v) is 3.92. The first kappa shape index (κ1) is 9.07. The molecule has 0 bridgehead atoms. The Balaban J connectivity index is 3.00. The van der Waals surface area contributed by atoms with E-state index in [0.717, 1.165) is 11.1 Å². The lowest BCUT2D eigenvalue weighted by Crippen LogP contribution is -1.98. The van der Waals surface area contributed by atoms with Crippen molar-refractivity contribution in [3.63, 3.8) is 0 Å². The van der Waals surface area contributed by atoms with Gasteiger partial charge in [-0.25, -0.2) is 4.79 Å². The van der Waals surface area contributed by atoms with Gasteiger partial charge in [0.05, 0.1) is 0 Å². The Bertz CT molecular complexity index is 307. The third-order valence-electron chi connectivity index (χ3n) is 1.75. The molecule has 1 aromatic carbocycles. The van der Waals surface area contributed by atoms with E-state index in [4.69, 9.17) is 16.3 Å². The molecule has 0 fully saturated rings. The van der Waals surface area contributed by atoms with Crippen molar-refractivity contribution >= 4 is 17.0 Å². The van der Waals surface area contributed by atoms with Crippen LogP contribution in [0, 0.1) is 13.8 Å². The summed E-state index contributed by atoms with van der Waals surface area (Å²) in [4.78, 5) is 10.4. The standard InChI is InChI=1S/C9H9ClO2/c1-6-4-3-5-8(7(6)2)12-9(10)11/h3-5H,1-2H3. The van der Waals surface area contributed by atoms with Crippen LogP contribution in [0.25, 0.3) is 0 Å². The molecule has 0 saturated carbocycles. The van der Waals surface area contributed by atoms with E-state index in [2.05, 4.69) is 0 Å². The predicted octanol–water partition coefficient (Wildman–Crippen LogP) is 3.04. The van der Waals surface area contributed by atoms with Crippen LogP contribution in [0.5, 0.6) is 5.75 Å². The highest BCUT2D eigenvalue weighted by molar-refractivity contribution is 6.61. The fourth-order valence-corrected chi connectivity index (χ4v) is 1.00. The van der Waals surface area contributed by atoms with Crippen molar-refractivity contribution in [2.24, 2.45) is 0 Å². The highest BCUT2D eigenvalue weighted by Crippen LogP contribution is 2.20. The highest BCUT2D eigenvalue weighted by atomic mass is 35.5. The molecule has 0 radical (unpaired) electrons. The number of ether oxygens (including phenoxy) is 1. The van der Waals surface area contributed by atoms with Gasteiger partial charge >= 0.3 is 5.43 Å². The van der Waals surface area contributed by atoms with Gasteiger partial charge in [0.2, 0.25) is 0 Å². The van der Waals surface area contributed by atoms with E-state index in [1.54, 1.807) is 6.07 Å². The lowest BCUT2D eigenvalue weighted by molar-refractivity contribution is 0.225. The molecule has 0 N–H and O–H groups in total. The van der Waals surface area contributed by atoms with Crippen molar-refractivity contribution < 1.29 is 9.53 Å². The molecular weight excluding hydrogens is 176 g/mol. The van der Waals surface area contributed by atoms with Crippen LogP contribution in [0.1, 0.15) is 11.1 Å². The third-order valence-corrected chi connectivity index (χ3v) is 1.82. The summed E-state index contributed by atoms with van der Waals surface area (Å²) in [6, 6.07) is 5.47. The maximum absolute atomic E-state index is 10.4. The third kappa shape index (κ3) is 1.98. The molecule has 0 spiro atoms. The van der Waals surface area contributed by atoms with E-state index in [0.29, 0.717) is 5.75 Å².